The van der Waals surface area contributed by atoms with Gasteiger partial charge in [0, 0.05) is 29.6 Å². The average Bonchev–Trinajstić information content (AvgIpc) is 3.38. The molecule has 1 aliphatic rings. The fourth-order valence-corrected chi connectivity index (χ4v) is 4.50. The summed E-state index contributed by atoms with van der Waals surface area (Å²) < 4.78 is 50.3. The molecule has 1 saturated carbocycles. The molecule has 1 aliphatic carbocycles. The summed E-state index contributed by atoms with van der Waals surface area (Å²) in [6.45, 7) is 0.265. The molecule has 0 amide bonds. The van der Waals surface area contributed by atoms with Crippen LogP contribution in [0.15, 0.2) is 85.2 Å². The molecule has 1 N–H and O–H groups in total. The molecule has 5 aromatic rings. The summed E-state index contributed by atoms with van der Waals surface area (Å²) in [5.74, 6) is 0.504. The van der Waals surface area contributed by atoms with Crippen molar-refractivity contribution in [2.24, 2.45) is 5.92 Å². The maximum atomic E-state index is 13.0. The van der Waals surface area contributed by atoms with E-state index in [0.29, 0.717) is 41.3 Å². The van der Waals surface area contributed by atoms with Gasteiger partial charge >= 0.3 is 12.1 Å². The Morgan fingerprint density at radius 2 is 1.70 bits per heavy atom. The zero-order valence-electron chi connectivity index (χ0n) is 21.1. The fraction of sp³-hybridized carbons (Fsp3) is 0.200. The SMILES string of the molecule is O=C(OCc1ccccc1)C1CC(Oc2ccc(-c3ccc(-c4nc5cc(C(F)(F)F)ccc5[nH]4)cn3)cn2)C1. The Bertz CT molecular complexity index is 1630. The van der Waals surface area contributed by atoms with E-state index in [1.807, 2.05) is 36.4 Å². The summed E-state index contributed by atoms with van der Waals surface area (Å²) >= 11 is 0. The van der Waals surface area contributed by atoms with Gasteiger partial charge in [0.05, 0.1) is 28.2 Å². The zero-order valence-corrected chi connectivity index (χ0v) is 21.1. The number of hydrogen-bond donors (Lipinski definition) is 1. The number of nitrogens with one attached hydrogen (secondary N) is 1. The number of halogens is 3. The first-order valence-corrected chi connectivity index (χ1v) is 12.7. The van der Waals surface area contributed by atoms with Crippen LogP contribution in [0.2, 0.25) is 0 Å². The summed E-state index contributed by atoms with van der Waals surface area (Å²) in [6, 6.07) is 20.1. The van der Waals surface area contributed by atoms with E-state index in [1.54, 1.807) is 30.6 Å². The van der Waals surface area contributed by atoms with Gasteiger partial charge in [-0.2, -0.15) is 13.2 Å². The lowest BCUT2D eigenvalue weighted by Crippen LogP contribution is -2.39. The molecule has 0 radical (unpaired) electrons. The lowest BCUT2D eigenvalue weighted by molar-refractivity contribution is -0.156. The first kappa shape index (κ1) is 25.5. The maximum Gasteiger partial charge on any atom is 0.416 e. The molecule has 0 spiro atoms. The van der Waals surface area contributed by atoms with Crippen molar-refractivity contribution in [3.05, 3.63) is 96.3 Å². The molecule has 202 valence electrons. The van der Waals surface area contributed by atoms with Gasteiger partial charge in [-0.1, -0.05) is 30.3 Å². The number of esters is 1. The number of aromatic amines is 1. The van der Waals surface area contributed by atoms with Gasteiger partial charge in [0.2, 0.25) is 5.88 Å². The second kappa shape index (κ2) is 10.4. The number of aromatic nitrogens is 4. The third-order valence-electron chi connectivity index (χ3n) is 6.82. The van der Waals surface area contributed by atoms with E-state index in [1.165, 1.54) is 6.07 Å². The Labute approximate surface area is 227 Å². The van der Waals surface area contributed by atoms with Gasteiger partial charge in [0.25, 0.3) is 0 Å². The third-order valence-corrected chi connectivity index (χ3v) is 6.82. The highest BCUT2D eigenvalue weighted by molar-refractivity contribution is 5.80. The minimum Gasteiger partial charge on any atom is -0.474 e. The molecular formula is C30H23F3N4O3. The third kappa shape index (κ3) is 5.51. The van der Waals surface area contributed by atoms with Gasteiger partial charge in [-0.15, -0.1) is 0 Å². The first-order chi connectivity index (χ1) is 19.3. The molecular weight excluding hydrogens is 521 g/mol. The quantitative estimate of drug-likeness (QED) is 0.232. The van der Waals surface area contributed by atoms with Crippen molar-refractivity contribution >= 4 is 17.0 Å². The zero-order chi connectivity index (χ0) is 27.7. The summed E-state index contributed by atoms with van der Waals surface area (Å²) in [5, 5.41) is 0. The maximum absolute atomic E-state index is 13.0. The van der Waals surface area contributed by atoms with Crippen LogP contribution in [0.25, 0.3) is 33.7 Å². The van der Waals surface area contributed by atoms with Crippen LogP contribution >= 0.6 is 0 Å². The van der Waals surface area contributed by atoms with E-state index in [4.69, 9.17) is 9.47 Å². The van der Waals surface area contributed by atoms with Crippen LogP contribution < -0.4 is 4.74 Å². The molecule has 6 rings (SSSR count). The predicted octanol–water partition coefficient (Wildman–Crippen LogP) is 6.61. The average molecular weight is 545 g/mol. The Morgan fingerprint density at radius 3 is 2.40 bits per heavy atom. The predicted molar refractivity (Wildman–Crippen MR) is 141 cm³/mol. The number of hydrogen-bond acceptors (Lipinski definition) is 6. The summed E-state index contributed by atoms with van der Waals surface area (Å²) in [4.78, 5) is 28.4. The van der Waals surface area contributed by atoms with Crippen molar-refractivity contribution in [1.82, 2.24) is 19.9 Å². The highest BCUT2D eigenvalue weighted by Gasteiger charge is 2.37. The Kier molecular flexibility index (Phi) is 6.67. The Morgan fingerprint density at radius 1 is 0.925 bits per heavy atom. The van der Waals surface area contributed by atoms with Crippen LogP contribution in [0, 0.1) is 5.92 Å². The van der Waals surface area contributed by atoms with Gasteiger partial charge in [0.1, 0.15) is 18.5 Å². The smallest absolute Gasteiger partial charge is 0.416 e. The lowest BCUT2D eigenvalue weighted by Gasteiger charge is -2.33. The van der Waals surface area contributed by atoms with Crippen LogP contribution in [0.1, 0.15) is 24.0 Å². The summed E-state index contributed by atoms with van der Waals surface area (Å²) in [5.41, 5.74) is 3.03. The number of pyridine rings is 2. The Hall–Kier alpha value is -4.73. The van der Waals surface area contributed by atoms with Crippen molar-refractivity contribution in [1.29, 1.82) is 0 Å². The number of ether oxygens (including phenoxy) is 2. The van der Waals surface area contributed by atoms with E-state index < -0.39 is 11.7 Å². The van der Waals surface area contributed by atoms with Crippen LogP contribution in [-0.4, -0.2) is 32.0 Å². The second-order valence-corrected chi connectivity index (χ2v) is 9.63. The minimum absolute atomic E-state index is 0.0962. The number of fused-ring (bicyclic) bond motifs is 1. The first-order valence-electron chi connectivity index (χ1n) is 12.7. The topological polar surface area (TPSA) is 90.0 Å². The molecule has 10 heteroatoms. The number of rotatable bonds is 7. The van der Waals surface area contributed by atoms with Crippen molar-refractivity contribution in [3.63, 3.8) is 0 Å². The van der Waals surface area contributed by atoms with E-state index in [0.717, 1.165) is 23.3 Å². The van der Waals surface area contributed by atoms with E-state index >= 15 is 0 Å². The van der Waals surface area contributed by atoms with Gasteiger partial charge < -0.3 is 14.5 Å². The molecule has 40 heavy (non-hydrogen) atoms. The van der Waals surface area contributed by atoms with Gasteiger partial charge in [-0.25, -0.2) is 9.97 Å². The highest BCUT2D eigenvalue weighted by Crippen LogP contribution is 2.33. The summed E-state index contributed by atoms with van der Waals surface area (Å²) in [6.07, 6.45) is -0.100. The van der Waals surface area contributed by atoms with E-state index in [9.17, 15) is 18.0 Å². The fourth-order valence-electron chi connectivity index (χ4n) is 4.50. The Balaban J connectivity index is 1.03. The van der Waals surface area contributed by atoms with Gasteiger partial charge in [-0.05, 0) is 54.8 Å². The lowest BCUT2D eigenvalue weighted by atomic mass is 9.82. The number of carbonyl (C=O) groups is 1. The molecule has 0 bridgehead atoms. The van der Waals surface area contributed by atoms with Crippen LogP contribution in [0.4, 0.5) is 13.2 Å². The number of benzene rings is 2. The van der Waals surface area contributed by atoms with Crippen molar-refractivity contribution in [2.45, 2.75) is 31.7 Å². The van der Waals surface area contributed by atoms with Gasteiger partial charge in [0.15, 0.2) is 0 Å². The standard InChI is InChI=1S/C30H23F3N4O3/c31-30(32,33)22-8-10-25-26(14-22)37-28(36-25)20-6-9-24(34-16-20)19-7-11-27(35-15-19)40-23-12-21(13-23)29(38)39-17-18-4-2-1-3-5-18/h1-11,14-16,21,23H,12-13,17H2,(H,36,37). The van der Waals surface area contributed by atoms with Crippen LogP contribution in [0.3, 0.4) is 0 Å². The van der Waals surface area contributed by atoms with Crippen LogP contribution in [0.5, 0.6) is 5.88 Å². The molecule has 0 aliphatic heterocycles. The monoisotopic (exact) mass is 544 g/mol. The molecule has 0 unspecified atom stereocenters. The normalized spacial score (nSPS) is 16.9. The molecule has 1 fully saturated rings. The van der Waals surface area contributed by atoms with E-state index in [2.05, 4.69) is 19.9 Å². The molecule has 3 heterocycles. The van der Waals surface area contributed by atoms with E-state index in [-0.39, 0.29) is 30.1 Å². The summed E-state index contributed by atoms with van der Waals surface area (Å²) in [7, 11) is 0. The second-order valence-electron chi connectivity index (χ2n) is 9.63. The molecule has 7 nitrogen and oxygen atoms in total. The number of imidazole rings is 1. The minimum atomic E-state index is -4.43. The number of carbonyl (C=O) groups excluding carboxylic acids is 1. The molecule has 0 saturated heterocycles. The largest absolute Gasteiger partial charge is 0.474 e. The molecule has 0 atom stereocenters. The number of alkyl halides is 3. The number of nitrogens with zero attached hydrogens (tertiary/aromatic N) is 3. The molecule has 3 aromatic heterocycles. The van der Waals surface area contributed by atoms with Crippen molar-refractivity contribution in [3.8, 4) is 28.5 Å². The molecule has 2 aromatic carbocycles. The van der Waals surface area contributed by atoms with Crippen molar-refractivity contribution < 1.29 is 27.4 Å². The van der Waals surface area contributed by atoms with Gasteiger partial charge in [-0.3, -0.25) is 9.78 Å². The van der Waals surface area contributed by atoms with Crippen molar-refractivity contribution in [2.75, 3.05) is 0 Å². The number of H-pyrrole nitrogens is 1. The highest BCUT2D eigenvalue weighted by atomic mass is 19.4. The van der Waals surface area contributed by atoms with Crippen LogP contribution in [-0.2, 0) is 22.3 Å².